The summed E-state index contributed by atoms with van der Waals surface area (Å²) in [4.78, 5) is 11.6. The Morgan fingerprint density at radius 1 is 1.00 bits per heavy atom. The summed E-state index contributed by atoms with van der Waals surface area (Å²) < 4.78 is 17.4. The first-order chi connectivity index (χ1) is 17.8. The van der Waals surface area contributed by atoms with Crippen LogP contribution in [0.3, 0.4) is 0 Å². The van der Waals surface area contributed by atoms with Gasteiger partial charge in [0.15, 0.2) is 0 Å². The SMILES string of the molecule is CCOCc1cc(N(C2CCOCC2)C2CCOCC2)c2[nH]c(-c3ccccc3)c(/C=N/OC)c2c1. The topological polar surface area (TPSA) is 68.3 Å². The zero-order valence-electron chi connectivity index (χ0n) is 21.4. The van der Waals surface area contributed by atoms with Crippen molar-refractivity contribution in [2.75, 3.05) is 45.0 Å². The van der Waals surface area contributed by atoms with Gasteiger partial charge >= 0.3 is 0 Å². The van der Waals surface area contributed by atoms with Gasteiger partial charge in [-0.05, 0) is 55.9 Å². The second kappa shape index (κ2) is 11.9. The van der Waals surface area contributed by atoms with Gasteiger partial charge in [-0.3, -0.25) is 0 Å². The van der Waals surface area contributed by atoms with Gasteiger partial charge in [-0.15, -0.1) is 0 Å². The van der Waals surface area contributed by atoms with Crippen LogP contribution in [0.5, 0.6) is 0 Å². The highest BCUT2D eigenvalue weighted by molar-refractivity contribution is 6.09. The van der Waals surface area contributed by atoms with E-state index in [-0.39, 0.29) is 0 Å². The van der Waals surface area contributed by atoms with Crippen molar-refractivity contribution in [2.24, 2.45) is 5.16 Å². The standard InChI is InChI=1S/C29H37N3O4/c1-3-34-20-21-17-25-26(19-30-33-2)28(22-7-5-4-6-8-22)31-29(25)27(18-21)32(23-9-13-35-14-10-23)24-11-15-36-16-12-24/h4-8,17-19,23-24,31H,3,9-16,20H2,1-2H3/b30-19+. The smallest absolute Gasteiger partial charge is 0.106 e. The Balaban J connectivity index is 1.72. The predicted octanol–water partition coefficient (Wildman–Crippen LogP) is 5.52. The third kappa shape index (κ3) is 5.28. The Morgan fingerprint density at radius 2 is 1.67 bits per heavy atom. The first-order valence-electron chi connectivity index (χ1n) is 13.1. The monoisotopic (exact) mass is 491 g/mol. The van der Waals surface area contributed by atoms with Crippen molar-refractivity contribution in [1.29, 1.82) is 0 Å². The molecule has 2 aliphatic rings. The van der Waals surface area contributed by atoms with Crippen LogP contribution in [0.2, 0.25) is 0 Å². The Morgan fingerprint density at radius 3 is 2.28 bits per heavy atom. The van der Waals surface area contributed by atoms with Crippen LogP contribution in [0.4, 0.5) is 5.69 Å². The molecule has 1 aromatic heterocycles. The first kappa shape index (κ1) is 24.8. The molecule has 3 aromatic rings. The highest BCUT2D eigenvalue weighted by atomic mass is 16.6. The molecule has 3 heterocycles. The molecule has 0 bridgehead atoms. The van der Waals surface area contributed by atoms with Crippen LogP contribution in [-0.2, 0) is 25.7 Å². The van der Waals surface area contributed by atoms with Crippen LogP contribution >= 0.6 is 0 Å². The second-order valence-electron chi connectivity index (χ2n) is 9.47. The van der Waals surface area contributed by atoms with Crippen molar-refractivity contribution in [3.8, 4) is 11.3 Å². The lowest BCUT2D eigenvalue weighted by molar-refractivity contribution is 0.0642. The van der Waals surface area contributed by atoms with Crippen molar-refractivity contribution in [3.63, 3.8) is 0 Å². The van der Waals surface area contributed by atoms with Gasteiger partial charge in [0.1, 0.15) is 7.11 Å². The fourth-order valence-electron chi connectivity index (χ4n) is 5.55. The quantitative estimate of drug-likeness (QED) is 0.316. The van der Waals surface area contributed by atoms with E-state index in [1.807, 2.05) is 19.2 Å². The molecule has 192 valence electrons. The Kier molecular flexibility index (Phi) is 8.21. The summed E-state index contributed by atoms with van der Waals surface area (Å²) in [7, 11) is 1.58. The molecule has 7 heteroatoms. The van der Waals surface area contributed by atoms with E-state index in [0.29, 0.717) is 25.3 Å². The largest absolute Gasteiger partial charge is 0.399 e. The fourth-order valence-corrected chi connectivity index (χ4v) is 5.55. The predicted molar refractivity (Wildman–Crippen MR) is 144 cm³/mol. The van der Waals surface area contributed by atoms with E-state index < -0.39 is 0 Å². The van der Waals surface area contributed by atoms with E-state index in [1.165, 1.54) is 5.69 Å². The molecule has 0 atom stereocenters. The maximum atomic E-state index is 5.88. The van der Waals surface area contributed by atoms with Gasteiger partial charge in [-0.1, -0.05) is 35.5 Å². The first-order valence-corrected chi connectivity index (χ1v) is 13.1. The minimum Gasteiger partial charge on any atom is -0.399 e. The number of ether oxygens (including phenoxy) is 3. The summed E-state index contributed by atoms with van der Waals surface area (Å²) in [6.07, 6.45) is 5.93. The van der Waals surface area contributed by atoms with Gasteiger partial charge < -0.3 is 28.9 Å². The van der Waals surface area contributed by atoms with E-state index in [9.17, 15) is 0 Å². The number of aromatic amines is 1. The van der Waals surface area contributed by atoms with Crippen LogP contribution in [0.15, 0.2) is 47.6 Å². The Labute approximate surface area is 213 Å². The van der Waals surface area contributed by atoms with E-state index in [2.05, 4.69) is 51.4 Å². The van der Waals surface area contributed by atoms with Crippen molar-refractivity contribution in [2.45, 2.75) is 51.3 Å². The lowest BCUT2D eigenvalue weighted by Gasteiger charge is -2.43. The number of hydrogen-bond donors (Lipinski definition) is 1. The maximum Gasteiger partial charge on any atom is 0.106 e. The number of rotatable bonds is 9. The minimum atomic E-state index is 0.423. The van der Waals surface area contributed by atoms with Crippen LogP contribution in [0, 0.1) is 0 Å². The normalized spacial score (nSPS) is 17.7. The van der Waals surface area contributed by atoms with E-state index in [0.717, 1.165) is 85.4 Å². The number of H-pyrrole nitrogens is 1. The maximum absolute atomic E-state index is 5.88. The Bertz CT molecular complexity index is 1130. The van der Waals surface area contributed by atoms with Crippen molar-refractivity contribution < 1.29 is 19.0 Å². The number of fused-ring (bicyclic) bond motifs is 1. The summed E-state index contributed by atoms with van der Waals surface area (Å²) >= 11 is 0. The van der Waals surface area contributed by atoms with Gasteiger partial charge in [0.05, 0.1) is 29.7 Å². The molecule has 0 spiro atoms. The van der Waals surface area contributed by atoms with Crippen LogP contribution in [-0.4, -0.2) is 63.4 Å². The molecule has 2 aromatic carbocycles. The molecule has 2 aliphatic heterocycles. The number of anilines is 1. The number of nitrogens with zero attached hydrogens (tertiary/aromatic N) is 2. The molecule has 0 radical (unpaired) electrons. The average molecular weight is 492 g/mol. The molecule has 0 saturated carbocycles. The van der Waals surface area contributed by atoms with Crippen molar-refractivity contribution in [3.05, 3.63) is 53.6 Å². The summed E-state index contributed by atoms with van der Waals surface area (Å²) in [5.41, 5.74) is 6.71. The van der Waals surface area contributed by atoms with Crippen LogP contribution in [0.25, 0.3) is 22.2 Å². The molecular formula is C29H37N3O4. The molecule has 2 fully saturated rings. The molecule has 2 saturated heterocycles. The van der Waals surface area contributed by atoms with Gasteiger partial charge in [-0.2, -0.15) is 0 Å². The lowest BCUT2D eigenvalue weighted by Crippen LogP contribution is -2.48. The number of nitrogens with one attached hydrogen (secondary N) is 1. The van der Waals surface area contributed by atoms with Crippen LogP contribution in [0.1, 0.15) is 43.7 Å². The summed E-state index contributed by atoms with van der Waals surface area (Å²) in [6.45, 7) is 6.50. The van der Waals surface area contributed by atoms with Crippen molar-refractivity contribution >= 4 is 22.8 Å². The average Bonchev–Trinajstić information content (AvgIpc) is 3.31. The molecule has 0 aliphatic carbocycles. The second-order valence-corrected chi connectivity index (χ2v) is 9.47. The molecule has 0 unspecified atom stereocenters. The number of oxime groups is 1. The van der Waals surface area contributed by atoms with Gasteiger partial charge in [0.25, 0.3) is 0 Å². The number of aromatic nitrogens is 1. The molecule has 1 N–H and O–H groups in total. The van der Waals surface area contributed by atoms with Gasteiger partial charge in [-0.25, -0.2) is 0 Å². The third-order valence-corrected chi connectivity index (χ3v) is 7.26. The molecule has 5 rings (SSSR count). The third-order valence-electron chi connectivity index (χ3n) is 7.26. The highest BCUT2D eigenvalue weighted by Gasteiger charge is 2.32. The lowest BCUT2D eigenvalue weighted by atomic mass is 9.97. The van der Waals surface area contributed by atoms with Crippen LogP contribution < -0.4 is 4.90 Å². The summed E-state index contributed by atoms with van der Waals surface area (Å²) in [5, 5.41) is 5.30. The van der Waals surface area contributed by atoms with E-state index >= 15 is 0 Å². The van der Waals surface area contributed by atoms with E-state index in [1.54, 1.807) is 7.11 Å². The Hall–Kier alpha value is -2.87. The van der Waals surface area contributed by atoms with Gasteiger partial charge in [0, 0.05) is 56.1 Å². The number of benzene rings is 2. The fraction of sp³-hybridized carbons (Fsp3) is 0.483. The zero-order chi connectivity index (χ0) is 24.7. The molecule has 0 amide bonds. The summed E-state index contributed by atoms with van der Waals surface area (Å²) in [5.74, 6) is 0. The number of hydrogen-bond acceptors (Lipinski definition) is 6. The molecular weight excluding hydrogens is 454 g/mol. The molecule has 36 heavy (non-hydrogen) atoms. The zero-order valence-corrected chi connectivity index (χ0v) is 21.4. The highest BCUT2D eigenvalue weighted by Crippen LogP contribution is 2.39. The van der Waals surface area contributed by atoms with E-state index in [4.69, 9.17) is 19.0 Å². The van der Waals surface area contributed by atoms with Crippen molar-refractivity contribution in [1.82, 2.24) is 4.98 Å². The summed E-state index contributed by atoms with van der Waals surface area (Å²) in [6, 6.07) is 15.8. The van der Waals surface area contributed by atoms with Gasteiger partial charge in [0.2, 0.25) is 0 Å². The minimum absolute atomic E-state index is 0.423. The molecule has 7 nitrogen and oxygen atoms in total.